The van der Waals surface area contributed by atoms with Crippen LogP contribution in [0.15, 0.2) is 29.6 Å². The van der Waals surface area contributed by atoms with E-state index in [4.69, 9.17) is 5.73 Å². The lowest BCUT2D eigenvalue weighted by Crippen LogP contribution is -2.19. The fourth-order valence-corrected chi connectivity index (χ4v) is 2.68. The molecule has 1 aromatic carbocycles. The van der Waals surface area contributed by atoms with Crippen molar-refractivity contribution in [3.05, 3.63) is 35.2 Å². The van der Waals surface area contributed by atoms with Crippen LogP contribution in [0, 0.1) is 0 Å². The summed E-state index contributed by atoms with van der Waals surface area (Å²) in [5.74, 6) is -0.257. The molecule has 1 atom stereocenters. The van der Waals surface area contributed by atoms with Crippen molar-refractivity contribution in [1.82, 2.24) is 4.98 Å². The number of nitrogens with one attached hydrogen (secondary N) is 1. The Kier molecular flexibility index (Phi) is 5.38. The van der Waals surface area contributed by atoms with Crippen LogP contribution < -0.4 is 11.1 Å². The van der Waals surface area contributed by atoms with Gasteiger partial charge in [-0.25, -0.2) is 4.98 Å². The third-order valence-corrected chi connectivity index (χ3v) is 3.84. The van der Waals surface area contributed by atoms with E-state index in [1.807, 2.05) is 0 Å². The number of aromatic nitrogens is 1. The third-order valence-electron chi connectivity index (χ3n) is 3.09. The Morgan fingerprint density at radius 3 is 2.74 bits per heavy atom. The molecule has 2 rings (SSSR count). The molecule has 0 aliphatic rings. The molecule has 1 amide bonds. The molecule has 1 unspecified atom stereocenters. The number of hydrogen-bond donors (Lipinski definition) is 2. The number of thiazole rings is 1. The zero-order valence-corrected chi connectivity index (χ0v) is 13.2. The van der Waals surface area contributed by atoms with E-state index in [2.05, 4.69) is 10.3 Å². The third kappa shape index (κ3) is 4.77. The number of halogens is 3. The molecule has 0 bridgehead atoms. The van der Waals surface area contributed by atoms with E-state index in [1.165, 1.54) is 23.6 Å². The maximum absolute atomic E-state index is 13.0. The van der Waals surface area contributed by atoms with Crippen molar-refractivity contribution >= 4 is 22.4 Å². The number of hydrogen-bond acceptors (Lipinski definition) is 4. The minimum atomic E-state index is -4.46. The van der Waals surface area contributed by atoms with Gasteiger partial charge in [0.15, 0.2) is 5.13 Å². The van der Waals surface area contributed by atoms with Crippen molar-refractivity contribution in [3.8, 4) is 11.3 Å². The summed E-state index contributed by atoms with van der Waals surface area (Å²) in [5, 5.41) is 4.34. The predicted molar refractivity (Wildman–Crippen MR) is 84.1 cm³/mol. The highest BCUT2D eigenvalue weighted by molar-refractivity contribution is 7.14. The quantitative estimate of drug-likeness (QED) is 0.865. The molecule has 3 N–H and O–H groups in total. The zero-order valence-electron chi connectivity index (χ0n) is 12.4. The Morgan fingerprint density at radius 2 is 2.09 bits per heavy atom. The van der Waals surface area contributed by atoms with Gasteiger partial charge in [0.1, 0.15) is 0 Å². The van der Waals surface area contributed by atoms with Gasteiger partial charge in [0.25, 0.3) is 0 Å². The van der Waals surface area contributed by atoms with Gasteiger partial charge in [-0.05, 0) is 19.4 Å². The molecule has 0 fully saturated rings. The highest BCUT2D eigenvalue weighted by Crippen LogP contribution is 2.37. The first-order chi connectivity index (χ1) is 10.8. The lowest BCUT2D eigenvalue weighted by Gasteiger charge is -2.10. The standard InChI is InChI=1S/C15H16F3N3OS/c1-9(19)6-7-13(22)21-14-20-12(8-23-14)10-4-2-3-5-11(10)15(16,17)18/h2-5,8-9H,6-7,19H2,1H3,(H,20,21,22). The fraction of sp³-hybridized carbons (Fsp3) is 0.333. The Bertz CT molecular complexity index is 683. The molecule has 0 saturated heterocycles. The first kappa shape index (κ1) is 17.4. The SMILES string of the molecule is CC(N)CCC(=O)Nc1nc(-c2ccccc2C(F)(F)F)cs1. The summed E-state index contributed by atoms with van der Waals surface area (Å²) in [4.78, 5) is 15.8. The normalized spacial score (nSPS) is 12.9. The predicted octanol–water partition coefficient (Wildman–Crippen LogP) is 3.89. The molecule has 1 aromatic heterocycles. The highest BCUT2D eigenvalue weighted by Gasteiger charge is 2.33. The van der Waals surface area contributed by atoms with E-state index in [0.29, 0.717) is 6.42 Å². The van der Waals surface area contributed by atoms with Gasteiger partial charge in [-0.1, -0.05) is 18.2 Å². The molecular weight excluding hydrogens is 327 g/mol. The number of anilines is 1. The lowest BCUT2D eigenvalue weighted by atomic mass is 10.1. The number of nitrogens with zero attached hydrogens (tertiary/aromatic N) is 1. The van der Waals surface area contributed by atoms with Crippen molar-refractivity contribution in [2.45, 2.75) is 32.0 Å². The maximum atomic E-state index is 13.0. The molecule has 0 aliphatic carbocycles. The molecule has 2 aromatic rings. The number of nitrogens with two attached hydrogens (primary N) is 1. The smallest absolute Gasteiger partial charge is 0.328 e. The Morgan fingerprint density at radius 1 is 1.39 bits per heavy atom. The summed E-state index contributed by atoms with van der Waals surface area (Å²) in [7, 11) is 0. The molecule has 0 spiro atoms. The monoisotopic (exact) mass is 343 g/mol. The number of benzene rings is 1. The minimum absolute atomic E-state index is 0.00710. The van der Waals surface area contributed by atoms with Crippen molar-refractivity contribution < 1.29 is 18.0 Å². The second kappa shape index (κ2) is 7.10. The summed E-state index contributed by atoms with van der Waals surface area (Å²) >= 11 is 1.08. The number of rotatable bonds is 5. The highest BCUT2D eigenvalue weighted by atomic mass is 32.1. The number of alkyl halides is 3. The van der Waals surface area contributed by atoms with Crippen LogP contribution in [0.25, 0.3) is 11.3 Å². The van der Waals surface area contributed by atoms with Crippen LogP contribution >= 0.6 is 11.3 Å². The molecule has 124 valence electrons. The van der Waals surface area contributed by atoms with E-state index < -0.39 is 11.7 Å². The molecule has 1 heterocycles. The number of carbonyl (C=O) groups is 1. The van der Waals surface area contributed by atoms with Gasteiger partial charge >= 0.3 is 6.18 Å². The Labute approximate surface area is 135 Å². The van der Waals surface area contributed by atoms with Gasteiger partial charge in [-0.3, -0.25) is 4.79 Å². The van der Waals surface area contributed by atoms with Crippen LogP contribution in [0.2, 0.25) is 0 Å². The van der Waals surface area contributed by atoms with E-state index in [-0.39, 0.29) is 34.8 Å². The van der Waals surface area contributed by atoms with E-state index in [0.717, 1.165) is 17.4 Å². The molecule has 23 heavy (non-hydrogen) atoms. The fourth-order valence-electron chi connectivity index (χ4n) is 1.95. The van der Waals surface area contributed by atoms with Gasteiger partial charge in [-0.2, -0.15) is 13.2 Å². The Hall–Kier alpha value is -1.93. The second-order valence-corrected chi connectivity index (χ2v) is 6.00. The molecular formula is C15H16F3N3OS. The largest absolute Gasteiger partial charge is 0.417 e. The molecule has 0 aliphatic heterocycles. The van der Waals surface area contributed by atoms with E-state index in [1.54, 1.807) is 6.92 Å². The topological polar surface area (TPSA) is 68.0 Å². The second-order valence-electron chi connectivity index (χ2n) is 5.15. The van der Waals surface area contributed by atoms with Crippen molar-refractivity contribution in [2.75, 3.05) is 5.32 Å². The van der Waals surface area contributed by atoms with Gasteiger partial charge in [0.2, 0.25) is 5.91 Å². The summed E-state index contributed by atoms with van der Waals surface area (Å²) in [6.45, 7) is 1.79. The molecule has 0 saturated carbocycles. The summed E-state index contributed by atoms with van der Waals surface area (Å²) in [6, 6.07) is 5.13. The van der Waals surface area contributed by atoms with E-state index >= 15 is 0 Å². The van der Waals surface area contributed by atoms with Gasteiger partial charge in [-0.15, -0.1) is 11.3 Å². The van der Waals surface area contributed by atoms with Crippen LogP contribution in [0.5, 0.6) is 0 Å². The van der Waals surface area contributed by atoms with Gasteiger partial charge < -0.3 is 11.1 Å². The average molecular weight is 343 g/mol. The molecule has 4 nitrogen and oxygen atoms in total. The van der Waals surface area contributed by atoms with Crippen LogP contribution in [0.3, 0.4) is 0 Å². The van der Waals surface area contributed by atoms with Gasteiger partial charge in [0.05, 0.1) is 11.3 Å². The first-order valence-electron chi connectivity index (χ1n) is 6.95. The lowest BCUT2D eigenvalue weighted by molar-refractivity contribution is -0.137. The first-order valence-corrected chi connectivity index (χ1v) is 7.83. The van der Waals surface area contributed by atoms with Crippen molar-refractivity contribution in [3.63, 3.8) is 0 Å². The average Bonchev–Trinajstić information content (AvgIpc) is 2.92. The summed E-state index contributed by atoms with van der Waals surface area (Å²) in [6.07, 6.45) is -3.69. The van der Waals surface area contributed by atoms with E-state index in [9.17, 15) is 18.0 Å². The minimum Gasteiger partial charge on any atom is -0.328 e. The van der Waals surface area contributed by atoms with Crippen molar-refractivity contribution in [1.29, 1.82) is 0 Å². The van der Waals surface area contributed by atoms with Gasteiger partial charge in [0, 0.05) is 23.4 Å². The van der Waals surface area contributed by atoms with Crippen LogP contribution in [-0.4, -0.2) is 16.9 Å². The number of carbonyl (C=O) groups excluding carboxylic acids is 1. The zero-order chi connectivity index (χ0) is 17.0. The Balaban J connectivity index is 2.16. The summed E-state index contributed by atoms with van der Waals surface area (Å²) < 4.78 is 39.1. The maximum Gasteiger partial charge on any atom is 0.417 e. The number of amides is 1. The van der Waals surface area contributed by atoms with Crippen LogP contribution in [-0.2, 0) is 11.0 Å². The van der Waals surface area contributed by atoms with Crippen molar-refractivity contribution in [2.24, 2.45) is 5.73 Å². The van der Waals surface area contributed by atoms with Crippen LogP contribution in [0.4, 0.5) is 18.3 Å². The summed E-state index contributed by atoms with van der Waals surface area (Å²) in [5.41, 5.74) is 5.00. The molecule has 8 heteroatoms. The molecule has 0 radical (unpaired) electrons. The van der Waals surface area contributed by atoms with Crippen LogP contribution in [0.1, 0.15) is 25.3 Å².